The molecule has 0 fully saturated rings. The van der Waals surface area contributed by atoms with E-state index in [9.17, 15) is 4.79 Å². The summed E-state index contributed by atoms with van der Waals surface area (Å²) in [5, 5.41) is 12.7. The van der Waals surface area contributed by atoms with Crippen LogP contribution in [0.1, 0.15) is 25.3 Å². The molecular formula is C20H20BrClN4OS. The predicted octanol–water partition coefficient (Wildman–Crippen LogP) is 5.75. The summed E-state index contributed by atoms with van der Waals surface area (Å²) in [6.45, 7) is 4.20. The van der Waals surface area contributed by atoms with Crippen molar-refractivity contribution in [2.24, 2.45) is 7.05 Å². The van der Waals surface area contributed by atoms with E-state index >= 15 is 0 Å². The second-order valence-electron chi connectivity index (χ2n) is 6.57. The summed E-state index contributed by atoms with van der Waals surface area (Å²) >= 11 is 11.1. The first-order valence-electron chi connectivity index (χ1n) is 8.73. The van der Waals surface area contributed by atoms with Crippen LogP contribution in [0.3, 0.4) is 0 Å². The number of carbonyl (C=O) groups excluding carboxylic acids is 1. The van der Waals surface area contributed by atoms with E-state index in [0.29, 0.717) is 21.9 Å². The third-order valence-corrected chi connectivity index (χ3v) is 6.03. The van der Waals surface area contributed by atoms with Gasteiger partial charge < -0.3 is 9.88 Å². The van der Waals surface area contributed by atoms with Crippen LogP contribution < -0.4 is 5.32 Å². The molecule has 1 heterocycles. The van der Waals surface area contributed by atoms with Gasteiger partial charge in [0.05, 0.1) is 10.8 Å². The number of aromatic nitrogens is 3. The van der Waals surface area contributed by atoms with Crippen molar-refractivity contribution < 1.29 is 4.79 Å². The van der Waals surface area contributed by atoms with Crippen molar-refractivity contribution in [2.75, 3.05) is 11.1 Å². The quantitative estimate of drug-likeness (QED) is 0.457. The first kappa shape index (κ1) is 20.9. The number of anilines is 1. The minimum atomic E-state index is -0.0866. The monoisotopic (exact) mass is 478 g/mol. The second-order valence-corrected chi connectivity index (χ2v) is 8.83. The fourth-order valence-corrected chi connectivity index (χ4v) is 4.07. The highest BCUT2D eigenvalue weighted by molar-refractivity contribution is 9.10. The van der Waals surface area contributed by atoms with Crippen molar-refractivity contribution >= 4 is 50.9 Å². The fraction of sp³-hybridized carbons (Fsp3) is 0.250. The molecule has 3 aromatic rings. The molecule has 0 bridgehead atoms. The summed E-state index contributed by atoms with van der Waals surface area (Å²) in [6, 6.07) is 13.4. The predicted molar refractivity (Wildman–Crippen MR) is 119 cm³/mol. The number of rotatable bonds is 6. The third-order valence-electron chi connectivity index (χ3n) is 4.19. The van der Waals surface area contributed by atoms with E-state index in [1.165, 1.54) is 11.8 Å². The lowest BCUT2D eigenvalue weighted by atomic mass is 10.0. The van der Waals surface area contributed by atoms with Crippen molar-refractivity contribution in [1.29, 1.82) is 0 Å². The molecular weight excluding hydrogens is 460 g/mol. The maximum Gasteiger partial charge on any atom is 0.234 e. The van der Waals surface area contributed by atoms with Crippen molar-refractivity contribution in [1.82, 2.24) is 14.8 Å². The normalized spacial score (nSPS) is 11.1. The number of hydrogen-bond donors (Lipinski definition) is 1. The van der Waals surface area contributed by atoms with Crippen LogP contribution in [0.4, 0.5) is 5.69 Å². The van der Waals surface area contributed by atoms with Crippen molar-refractivity contribution in [2.45, 2.75) is 24.9 Å². The first-order valence-corrected chi connectivity index (χ1v) is 10.9. The summed E-state index contributed by atoms with van der Waals surface area (Å²) in [5.41, 5.74) is 2.73. The van der Waals surface area contributed by atoms with E-state index < -0.39 is 0 Å². The highest BCUT2D eigenvalue weighted by atomic mass is 79.9. The highest BCUT2D eigenvalue weighted by Crippen LogP contribution is 2.30. The Bertz CT molecular complexity index is 1010. The largest absolute Gasteiger partial charge is 0.325 e. The lowest BCUT2D eigenvalue weighted by molar-refractivity contribution is -0.113. The molecule has 8 heteroatoms. The molecule has 0 atom stereocenters. The topological polar surface area (TPSA) is 59.8 Å². The van der Waals surface area contributed by atoms with Crippen LogP contribution in [-0.2, 0) is 11.8 Å². The van der Waals surface area contributed by atoms with Gasteiger partial charge in [-0.25, -0.2) is 0 Å². The highest BCUT2D eigenvalue weighted by Gasteiger charge is 2.16. The first-order chi connectivity index (χ1) is 13.4. The Hall–Kier alpha value is -1.83. The maximum atomic E-state index is 12.5. The van der Waals surface area contributed by atoms with Crippen LogP contribution >= 0.6 is 39.3 Å². The minimum Gasteiger partial charge on any atom is -0.325 e. The van der Waals surface area contributed by atoms with Gasteiger partial charge in [0, 0.05) is 22.8 Å². The molecule has 0 aliphatic rings. The van der Waals surface area contributed by atoms with Gasteiger partial charge in [-0.2, -0.15) is 0 Å². The Morgan fingerprint density at radius 2 is 2.00 bits per heavy atom. The van der Waals surface area contributed by atoms with Gasteiger partial charge in [-0.15, -0.1) is 10.2 Å². The molecule has 1 aromatic heterocycles. The van der Waals surface area contributed by atoms with E-state index in [0.717, 1.165) is 21.3 Å². The number of nitrogens with one attached hydrogen (secondary N) is 1. The average molecular weight is 480 g/mol. The van der Waals surface area contributed by atoms with Gasteiger partial charge in [-0.05, 0) is 41.8 Å². The van der Waals surface area contributed by atoms with Crippen molar-refractivity contribution in [3.05, 3.63) is 57.5 Å². The van der Waals surface area contributed by atoms with Crippen LogP contribution in [0, 0.1) is 0 Å². The molecule has 0 radical (unpaired) electrons. The Labute approximate surface area is 182 Å². The number of nitrogens with zero attached hydrogens (tertiary/aromatic N) is 3. The summed E-state index contributed by atoms with van der Waals surface area (Å²) in [7, 11) is 1.87. The zero-order chi connectivity index (χ0) is 20.3. The number of amides is 1. The molecule has 0 spiro atoms. The third kappa shape index (κ3) is 4.77. The average Bonchev–Trinajstić information content (AvgIpc) is 3.02. The minimum absolute atomic E-state index is 0.0866. The smallest absolute Gasteiger partial charge is 0.234 e. The van der Waals surface area contributed by atoms with Crippen molar-refractivity contribution in [3.63, 3.8) is 0 Å². The van der Waals surface area contributed by atoms with Gasteiger partial charge in [-0.1, -0.05) is 65.3 Å². The Kier molecular flexibility index (Phi) is 6.80. The Balaban J connectivity index is 1.69. The van der Waals surface area contributed by atoms with Gasteiger partial charge in [0.15, 0.2) is 11.0 Å². The van der Waals surface area contributed by atoms with Crippen LogP contribution in [-0.4, -0.2) is 26.4 Å². The van der Waals surface area contributed by atoms with Crippen LogP contribution in [0.15, 0.2) is 52.1 Å². The van der Waals surface area contributed by atoms with E-state index in [1.807, 2.05) is 54.1 Å². The number of thioether (sulfide) groups is 1. The number of carbonyl (C=O) groups is 1. The summed E-state index contributed by atoms with van der Waals surface area (Å²) in [5.74, 6) is 1.12. The van der Waals surface area contributed by atoms with Crippen LogP contribution in [0.5, 0.6) is 0 Å². The standard InChI is InChI=1S/C20H20BrClN4OS/c1-12(2)15-10-13(21)8-9-17(15)23-18(27)11-28-20-25-24-19(26(20)3)14-6-4-5-7-16(14)22/h4-10,12H,11H2,1-3H3,(H,23,27). The fourth-order valence-electron chi connectivity index (χ4n) is 2.76. The van der Waals surface area contributed by atoms with E-state index in [1.54, 1.807) is 0 Å². The molecule has 1 amide bonds. The zero-order valence-corrected chi connectivity index (χ0v) is 18.9. The van der Waals surface area contributed by atoms with E-state index in [2.05, 4.69) is 45.3 Å². The molecule has 2 aromatic carbocycles. The van der Waals surface area contributed by atoms with Crippen molar-refractivity contribution in [3.8, 4) is 11.4 Å². The van der Waals surface area contributed by atoms with Crippen LogP contribution in [0.25, 0.3) is 11.4 Å². The number of hydrogen-bond acceptors (Lipinski definition) is 4. The molecule has 0 aliphatic heterocycles. The summed E-state index contributed by atoms with van der Waals surface area (Å²) in [6.07, 6.45) is 0. The molecule has 28 heavy (non-hydrogen) atoms. The molecule has 3 rings (SSSR count). The lowest BCUT2D eigenvalue weighted by Crippen LogP contribution is -2.16. The summed E-state index contributed by atoms with van der Waals surface area (Å²) in [4.78, 5) is 12.5. The molecule has 0 saturated heterocycles. The van der Waals surface area contributed by atoms with Gasteiger partial charge >= 0.3 is 0 Å². The maximum absolute atomic E-state index is 12.5. The van der Waals surface area contributed by atoms with Gasteiger partial charge in [0.25, 0.3) is 0 Å². The number of benzene rings is 2. The van der Waals surface area contributed by atoms with Gasteiger partial charge in [-0.3, -0.25) is 4.79 Å². The zero-order valence-electron chi connectivity index (χ0n) is 15.7. The lowest BCUT2D eigenvalue weighted by Gasteiger charge is -2.14. The Morgan fingerprint density at radius 1 is 1.25 bits per heavy atom. The molecule has 0 aliphatic carbocycles. The van der Waals surface area contributed by atoms with Gasteiger partial charge in [0.2, 0.25) is 5.91 Å². The molecule has 0 saturated carbocycles. The molecule has 146 valence electrons. The Morgan fingerprint density at radius 3 is 2.71 bits per heavy atom. The van der Waals surface area contributed by atoms with Crippen LogP contribution in [0.2, 0.25) is 5.02 Å². The molecule has 0 unspecified atom stereocenters. The summed E-state index contributed by atoms with van der Waals surface area (Å²) < 4.78 is 2.84. The van der Waals surface area contributed by atoms with E-state index in [4.69, 9.17) is 11.6 Å². The van der Waals surface area contributed by atoms with E-state index in [-0.39, 0.29) is 11.7 Å². The van der Waals surface area contributed by atoms with Gasteiger partial charge in [0.1, 0.15) is 0 Å². The second kappa shape index (κ2) is 9.11. The molecule has 1 N–H and O–H groups in total. The molecule has 5 nitrogen and oxygen atoms in total. The number of halogens is 2. The SMILES string of the molecule is CC(C)c1cc(Br)ccc1NC(=O)CSc1nnc(-c2ccccc2Cl)n1C.